The molecule has 10 heteroatoms. The van der Waals surface area contributed by atoms with Crippen LogP contribution in [-0.4, -0.2) is 41.3 Å². The van der Waals surface area contributed by atoms with Crippen molar-refractivity contribution in [2.75, 3.05) is 19.3 Å². The molecule has 2 rings (SSSR count). The fourth-order valence-electron chi connectivity index (χ4n) is 2.75. The number of ether oxygens (including phenoxy) is 1. The standard InChI is InChI=1S/C21H27ClNO7P/c1-3-28-21(25)14-31(26,27)30-29-19-9-7-16(8-10-19)11-15(2)23-13-20(24)17-5-4-6-18(22)12-17/h4-10,12,15,20,23-24H,3,11,13-14H2,1-2H3,(H,26,27). The highest BCUT2D eigenvalue weighted by atomic mass is 35.5. The second-order valence-electron chi connectivity index (χ2n) is 6.99. The Bertz CT molecular complexity index is 894. The summed E-state index contributed by atoms with van der Waals surface area (Å²) in [7, 11) is -4.26. The van der Waals surface area contributed by atoms with Crippen LogP contribution in [-0.2, 0) is 25.2 Å². The normalized spacial score (nSPS) is 15.0. The minimum absolute atomic E-state index is 0.0825. The topological polar surface area (TPSA) is 114 Å². The van der Waals surface area contributed by atoms with E-state index >= 15 is 0 Å². The van der Waals surface area contributed by atoms with Gasteiger partial charge in [-0.15, -0.1) is 0 Å². The Morgan fingerprint density at radius 2 is 1.94 bits per heavy atom. The number of rotatable bonds is 12. The van der Waals surface area contributed by atoms with Gasteiger partial charge in [0, 0.05) is 17.6 Å². The van der Waals surface area contributed by atoms with Crippen molar-refractivity contribution in [3.05, 3.63) is 64.7 Å². The number of hydrogen-bond donors (Lipinski definition) is 3. The smallest absolute Gasteiger partial charge is 0.377 e. The summed E-state index contributed by atoms with van der Waals surface area (Å²) in [6.45, 7) is 4.07. The molecule has 0 saturated heterocycles. The molecule has 0 radical (unpaired) electrons. The number of aliphatic hydroxyl groups excluding tert-OH is 1. The average Bonchev–Trinajstić information content (AvgIpc) is 2.71. The minimum Gasteiger partial charge on any atom is -0.465 e. The molecule has 0 aromatic heterocycles. The molecular weight excluding hydrogens is 445 g/mol. The van der Waals surface area contributed by atoms with Crippen molar-refractivity contribution >= 4 is 25.2 Å². The SMILES string of the molecule is CCOC(=O)CP(=O)(O)OOc1ccc(CC(C)NCC(O)c2cccc(Cl)c2)cc1. The quantitative estimate of drug-likeness (QED) is 0.186. The zero-order valence-electron chi connectivity index (χ0n) is 17.4. The molecule has 2 aromatic rings. The van der Waals surface area contributed by atoms with Crippen LogP contribution in [0.3, 0.4) is 0 Å². The molecule has 0 saturated carbocycles. The van der Waals surface area contributed by atoms with E-state index in [1.807, 2.05) is 13.0 Å². The van der Waals surface area contributed by atoms with Gasteiger partial charge in [0.25, 0.3) is 0 Å². The lowest BCUT2D eigenvalue weighted by Crippen LogP contribution is -2.32. The molecule has 8 nitrogen and oxygen atoms in total. The van der Waals surface area contributed by atoms with Gasteiger partial charge in [-0.05, 0) is 55.7 Å². The fourth-order valence-corrected chi connectivity index (χ4v) is 3.62. The van der Waals surface area contributed by atoms with Gasteiger partial charge in [-0.1, -0.05) is 40.5 Å². The van der Waals surface area contributed by atoms with E-state index < -0.39 is 25.8 Å². The van der Waals surface area contributed by atoms with Gasteiger partial charge in [0.1, 0.15) is 0 Å². The third kappa shape index (κ3) is 9.39. The van der Waals surface area contributed by atoms with Crippen molar-refractivity contribution in [3.8, 4) is 5.75 Å². The first-order valence-electron chi connectivity index (χ1n) is 9.78. The predicted octanol–water partition coefficient (Wildman–Crippen LogP) is 3.65. The van der Waals surface area contributed by atoms with E-state index in [1.165, 1.54) is 0 Å². The third-order valence-corrected chi connectivity index (χ3v) is 5.44. The molecule has 0 aliphatic heterocycles. The third-order valence-electron chi connectivity index (χ3n) is 4.24. The summed E-state index contributed by atoms with van der Waals surface area (Å²) in [5.74, 6) is -0.617. The van der Waals surface area contributed by atoms with E-state index in [4.69, 9.17) is 16.5 Å². The Morgan fingerprint density at radius 3 is 2.58 bits per heavy atom. The summed E-state index contributed by atoms with van der Waals surface area (Å²) in [5, 5.41) is 14.1. The Morgan fingerprint density at radius 1 is 1.23 bits per heavy atom. The van der Waals surface area contributed by atoms with Crippen LogP contribution in [0.1, 0.15) is 31.1 Å². The second kappa shape index (κ2) is 12.2. The van der Waals surface area contributed by atoms with E-state index in [9.17, 15) is 19.4 Å². The molecule has 0 heterocycles. The summed E-state index contributed by atoms with van der Waals surface area (Å²) in [6, 6.07) is 13.9. The van der Waals surface area contributed by atoms with Crippen LogP contribution in [0.2, 0.25) is 5.02 Å². The number of halogens is 1. The van der Waals surface area contributed by atoms with E-state index in [1.54, 1.807) is 49.4 Å². The van der Waals surface area contributed by atoms with Gasteiger partial charge in [0.15, 0.2) is 11.9 Å². The molecule has 0 bridgehead atoms. The maximum absolute atomic E-state index is 11.8. The Kier molecular flexibility index (Phi) is 9.96. The second-order valence-corrected chi connectivity index (χ2v) is 9.16. The van der Waals surface area contributed by atoms with Gasteiger partial charge in [-0.2, -0.15) is 0 Å². The first-order valence-corrected chi connectivity index (χ1v) is 11.9. The van der Waals surface area contributed by atoms with Crippen LogP contribution >= 0.6 is 19.2 Å². The number of hydrogen-bond acceptors (Lipinski definition) is 7. The van der Waals surface area contributed by atoms with Crippen LogP contribution < -0.4 is 10.2 Å². The van der Waals surface area contributed by atoms with Gasteiger partial charge in [-0.25, -0.2) is 0 Å². The Balaban J connectivity index is 1.78. The largest absolute Gasteiger partial charge is 0.465 e. The van der Waals surface area contributed by atoms with Crippen LogP contribution in [0.4, 0.5) is 0 Å². The highest BCUT2D eigenvalue weighted by Crippen LogP contribution is 2.42. The summed E-state index contributed by atoms with van der Waals surface area (Å²) >= 11 is 5.95. The number of nitrogens with one attached hydrogen (secondary N) is 1. The van der Waals surface area contributed by atoms with Gasteiger partial charge in [0.05, 0.1) is 12.7 Å². The summed E-state index contributed by atoms with van der Waals surface area (Å²) in [5.41, 5.74) is 1.74. The Hall–Kier alpha value is -1.93. The molecule has 0 spiro atoms. The van der Waals surface area contributed by atoms with E-state index in [2.05, 4.69) is 14.7 Å². The van der Waals surface area contributed by atoms with E-state index in [-0.39, 0.29) is 18.4 Å². The van der Waals surface area contributed by atoms with Crippen molar-refractivity contribution in [1.29, 1.82) is 0 Å². The van der Waals surface area contributed by atoms with Crippen molar-refractivity contribution in [1.82, 2.24) is 5.32 Å². The average molecular weight is 472 g/mol. The van der Waals surface area contributed by atoms with Gasteiger partial charge in [0.2, 0.25) is 0 Å². The molecule has 31 heavy (non-hydrogen) atoms. The van der Waals surface area contributed by atoms with E-state index in [0.717, 1.165) is 11.1 Å². The van der Waals surface area contributed by atoms with Crippen molar-refractivity contribution in [2.24, 2.45) is 0 Å². The monoisotopic (exact) mass is 471 g/mol. The molecule has 170 valence electrons. The number of carbonyl (C=O) groups is 1. The van der Waals surface area contributed by atoms with Crippen LogP contribution in [0.25, 0.3) is 0 Å². The summed E-state index contributed by atoms with van der Waals surface area (Å²) in [6.07, 6.45) is -0.772. The summed E-state index contributed by atoms with van der Waals surface area (Å²) < 4.78 is 20.9. The fraction of sp³-hybridized carbons (Fsp3) is 0.381. The highest BCUT2D eigenvalue weighted by Gasteiger charge is 2.27. The first kappa shape index (κ1) is 25.3. The first-order chi connectivity index (χ1) is 14.7. The van der Waals surface area contributed by atoms with E-state index in [0.29, 0.717) is 18.0 Å². The number of benzene rings is 2. The molecule has 3 N–H and O–H groups in total. The lowest BCUT2D eigenvalue weighted by molar-refractivity contribution is -0.142. The molecule has 0 fully saturated rings. The molecule has 0 amide bonds. The van der Waals surface area contributed by atoms with Crippen molar-refractivity contribution in [3.63, 3.8) is 0 Å². The van der Waals surface area contributed by atoms with Gasteiger partial charge < -0.3 is 24.9 Å². The molecule has 0 aliphatic rings. The van der Waals surface area contributed by atoms with Crippen molar-refractivity contribution in [2.45, 2.75) is 32.4 Å². The zero-order valence-corrected chi connectivity index (χ0v) is 19.0. The summed E-state index contributed by atoms with van der Waals surface area (Å²) in [4.78, 5) is 25.8. The number of carbonyl (C=O) groups excluding carboxylic acids is 1. The lowest BCUT2D eigenvalue weighted by Gasteiger charge is -2.18. The molecular formula is C21H27ClNO7P. The molecule has 3 atom stereocenters. The minimum atomic E-state index is -4.26. The van der Waals surface area contributed by atoms with Gasteiger partial charge in [-0.3, -0.25) is 9.36 Å². The highest BCUT2D eigenvalue weighted by molar-refractivity contribution is 7.53. The maximum atomic E-state index is 11.8. The van der Waals surface area contributed by atoms with Crippen LogP contribution in [0, 0.1) is 0 Å². The maximum Gasteiger partial charge on any atom is 0.377 e. The Labute approximate surface area is 186 Å². The predicted molar refractivity (Wildman–Crippen MR) is 117 cm³/mol. The molecule has 3 unspecified atom stereocenters. The molecule has 2 aromatic carbocycles. The van der Waals surface area contributed by atoms with Crippen LogP contribution in [0.15, 0.2) is 48.5 Å². The number of esters is 1. The van der Waals surface area contributed by atoms with Crippen molar-refractivity contribution < 1.29 is 33.7 Å². The zero-order chi connectivity index (χ0) is 22.9. The lowest BCUT2D eigenvalue weighted by atomic mass is 10.1. The van der Waals surface area contributed by atoms with Crippen LogP contribution in [0.5, 0.6) is 5.75 Å². The molecule has 0 aliphatic carbocycles. The number of aliphatic hydroxyl groups is 1. The van der Waals surface area contributed by atoms with Gasteiger partial charge >= 0.3 is 13.6 Å².